The lowest BCUT2D eigenvalue weighted by molar-refractivity contribution is -0.139. The smallest absolute Gasteiger partial charge is 0.341 e. The van der Waals surface area contributed by atoms with Crippen LogP contribution in [0.1, 0.15) is 43.4 Å². The highest BCUT2D eigenvalue weighted by Gasteiger charge is 2.19. The van der Waals surface area contributed by atoms with Gasteiger partial charge in [0.15, 0.2) is 23.9 Å². The third-order valence-electron chi connectivity index (χ3n) is 6.22. The van der Waals surface area contributed by atoms with Gasteiger partial charge in [0.2, 0.25) is 0 Å². The van der Waals surface area contributed by atoms with Gasteiger partial charge in [0.1, 0.15) is 5.75 Å². The van der Waals surface area contributed by atoms with Crippen molar-refractivity contribution in [1.29, 1.82) is 0 Å². The van der Waals surface area contributed by atoms with Crippen LogP contribution in [0.4, 0.5) is 0 Å². The van der Waals surface area contributed by atoms with E-state index in [4.69, 9.17) is 24.3 Å². The Kier molecular flexibility index (Phi) is 8.89. The van der Waals surface area contributed by atoms with E-state index in [2.05, 4.69) is 34.9 Å². The zero-order chi connectivity index (χ0) is 29.0. The Morgan fingerprint density at radius 1 is 1.12 bits per heavy atom. The van der Waals surface area contributed by atoms with Crippen molar-refractivity contribution in [2.24, 2.45) is 5.10 Å². The maximum Gasteiger partial charge on any atom is 0.341 e. The van der Waals surface area contributed by atoms with E-state index in [1.807, 2.05) is 32.0 Å². The van der Waals surface area contributed by atoms with Crippen molar-refractivity contribution in [2.45, 2.75) is 33.6 Å². The number of ether oxygens (including phenoxy) is 3. The number of benzene rings is 3. The number of halogens is 1. The molecule has 4 rings (SSSR count). The zero-order valence-corrected chi connectivity index (χ0v) is 24.5. The summed E-state index contributed by atoms with van der Waals surface area (Å²) in [5.41, 5.74) is 3.47. The van der Waals surface area contributed by atoms with Crippen molar-refractivity contribution >= 4 is 39.0 Å². The van der Waals surface area contributed by atoms with E-state index >= 15 is 0 Å². The second-order valence-corrected chi connectivity index (χ2v) is 10.2. The van der Waals surface area contributed by atoms with Crippen molar-refractivity contribution in [3.05, 3.63) is 80.0 Å². The van der Waals surface area contributed by atoms with Crippen LogP contribution in [0.15, 0.2) is 62.9 Å². The Labute approximate surface area is 240 Å². The highest BCUT2D eigenvalue weighted by atomic mass is 79.9. The molecule has 208 valence electrons. The van der Waals surface area contributed by atoms with Crippen LogP contribution in [0.2, 0.25) is 0 Å². The minimum absolute atomic E-state index is 0.174. The van der Waals surface area contributed by atoms with Crippen molar-refractivity contribution in [2.75, 3.05) is 20.3 Å². The summed E-state index contributed by atoms with van der Waals surface area (Å²) >= 11 is 3.50. The molecule has 1 N–H and O–H groups in total. The third-order valence-corrected chi connectivity index (χ3v) is 6.91. The number of aliphatic carboxylic acids is 1. The van der Waals surface area contributed by atoms with Crippen molar-refractivity contribution in [3.63, 3.8) is 0 Å². The van der Waals surface area contributed by atoms with Gasteiger partial charge in [-0.1, -0.05) is 26.0 Å². The van der Waals surface area contributed by atoms with Gasteiger partial charge in [0.25, 0.3) is 5.56 Å². The summed E-state index contributed by atoms with van der Waals surface area (Å²) in [7, 11) is 1.64. The van der Waals surface area contributed by atoms with Crippen molar-refractivity contribution in [3.8, 4) is 28.6 Å². The molecule has 0 saturated heterocycles. The Morgan fingerprint density at radius 2 is 1.85 bits per heavy atom. The monoisotopic (exact) mass is 607 g/mol. The first-order valence-electron chi connectivity index (χ1n) is 12.7. The fourth-order valence-electron chi connectivity index (χ4n) is 4.26. The van der Waals surface area contributed by atoms with Gasteiger partial charge in [-0.2, -0.15) is 9.78 Å². The van der Waals surface area contributed by atoms with E-state index < -0.39 is 12.6 Å². The number of rotatable bonds is 10. The Balaban J connectivity index is 1.91. The second-order valence-electron chi connectivity index (χ2n) is 9.31. The highest BCUT2D eigenvalue weighted by Crippen LogP contribution is 2.35. The number of aryl methyl sites for hydroxylation is 1. The van der Waals surface area contributed by atoms with E-state index in [1.165, 1.54) is 10.9 Å². The summed E-state index contributed by atoms with van der Waals surface area (Å²) in [4.78, 5) is 29.6. The van der Waals surface area contributed by atoms with Crippen LogP contribution >= 0.6 is 15.9 Å². The molecule has 3 aromatic carbocycles. The number of methoxy groups -OCH3 is 1. The summed E-state index contributed by atoms with van der Waals surface area (Å²) in [6.45, 7) is 7.74. The van der Waals surface area contributed by atoms with E-state index in [1.54, 1.807) is 37.4 Å². The number of carboxylic acid groups (broad SMARTS) is 1. The van der Waals surface area contributed by atoms with Gasteiger partial charge in [-0.3, -0.25) is 4.79 Å². The summed E-state index contributed by atoms with van der Waals surface area (Å²) in [5, 5.41) is 14.0. The topological polar surface area (TPSA) is 112 Å². The zero-order valence-electron chi connectivity index (χ0n) is 22.9. The predicted octanol–water partition coefficient (Wildman–Crippen LogP) is 6.01. The number of para-hydroxylation sites is 1. The first kappa shape index (κ1) is 28.8. The Hall–Kier alpha value is -4.18. The van der Waals surface area contributed by atoms with Gasteiger partial charge in [-0.05, 0) is 83.2 Å². The summed E-state index contributed by atoms with van der Waals surface area (Å²) in [5.74, 6) is 0.859. The first-order valence-corrected chi connectivity index (χ1v) is 13.5. The van der Waals surface area contributed by atoms with E-state index in [-0.39, 0.29) is 17.2 Å². The predicted molar refractivity (Wildman–Crippen MR) is 158 cm³/mol. The molecule has 0 spiro atoms. The summed E-state index contributed by atoms with van der Waals surface area (Å²) in [6.07, 6.45) is 1.52. The maximum atomic E-state index is 13.7. The molecular formula is C30H30BrN3O6. The Morgan fingerprint density at radius 3 is 2.52 bits per heavy atom. The number of carboxylic acids is 1. The molecule has 0 aliphatic rings. The first-order chi connectivity index (χ1) is 19.1. The SMILES string of the molecule is CCOc1cc(C=Nn2c(-c3cc(C(C)C)c(OC)cc3C)nc3ccccc3c2=O)c(Br)cc1OCC(=O)O. The number of hydrogen-bond donors (Lipinski definition) is 1. The van der Waals surface area contributed by atoms with Crippen LogP contribution in [0, 0.1) is 6.92 Å². The molecule has 1 aromatic heterocycles. The Bertz CT molecular complexity index is 1660. The van der Waals surface area contributed by atoms with Crippen LogP contribution < -0.4 is 19.8 Å². The lowest BCUT2D eigenvalue weighted by Gasteiger charge is -2.17. The van der Waals surface area contributed by atoms with Crippen LogP contribution in [-0.2, 0) is 4.79 Å². The number of aromatic nitrogens is 2. The average molecular weight is 608 g/mol. The summed E-state index contributed by atoms with van der Waals surface area (Å²) in [6, 6.07) is 14.4. The number of nitrogens with zero attached hydrogens (tertiary/aromatic N) is 3. The van der Waals surface area contributed by atoms with Gasteiger partial charge in [-0.25, -0.2) is 9.78 Å². The van der Waals surface area contributed by atoms with Gasteiger partial charge in [0, 0.05) is 15.6 Å². The average Bonchev–Trinajstić information content (AvgIpc) is 2.92. The second kappa shape index (κ2) is 12.3. The quantitative estimate of drug-likeness (QED) is 0.220. The van der Waals surface area contributed by atoms with Crippen molar-refractivity contribution < 1.29 is 24.1 Å². The normalized spacial score (nSPS) is 11.4. The van der Waals surface area contributed by atoms with Gasteiger partial charge in [-0.15, -0.1) is 0 Å². The molecule has 0 unspecified atom stereocenters. The highest BCUT2D eigenvalue weighted by molar-refractivity contribution is 9.10. The minimum atomic E-state index is -1.10. The van der Waals surface area contributed by atoms with Crippen molar-refractivity contribution in [1.82, 2.24) is 9.66 Å². The van der Waals surface area contributed by atoms with E-state index in [9.17, 15) is 9.59 Å². The lowest BCUT2D eigenvalue weighted by atomic mass is 9.96. The van der Waals surface area contributed by atoms with Gasteiger partial charge in [0.05, 0.1) is 30.8 Å². The van der Waals surface area contributed by atoms with E-state index in [0.29, 0.717) is 39.1 Å². The van der Waals surface area contributed by atoms with Crippen LogP contribution in [-0.4, -0.2) is 47.3 Å². The molecule has 0 amide bonds. The summed E-state index contributed by atoms with van der Waals surface area (Å²) < 4.78 is 18.5. The molecule has 1 heterocycles. The lowest BCUT2D eigenvalue weighted by Crippen LogP contribution is -2.21. The molecule has 0 aliphatic heterocycles. The number of carbonyl (C=O) groups is 1. The molecule has 0 fully saturated rings. The third kappa shape index (κ3) is 6.02. The molecule has 0 radical (unpaired) electrons. The van der Waals surface area contributed by atoms with Crippen LogP contribution in [0.3, 0.4) is 0 Å². The minimum Gasteiger partial charge on any atom is -0.496 e. The number of fused-ring (bicyclic) bond motifs is 1. The molecule has 40 heavy (non-hydrogen) atoms. The van der Waals surface area contributed by atoms with Gasteiger partial charge < -0.3 is 19.3 Å². The molecule has 0 saturated carbocycles. The molecule has 0 atom stereocenters. The maximum absolute atomic E-state index is 13.7. The largest absolute Gasteiger partial charge is 0.496 e. The number of hydrogen-bond acceptors (Lipinski definition) is 7. The standard InChI is InChI=1S/C30H30BrN3O6/c1-6-39-26-12-19(23(31)14-27(26)40-16-28(35)36)15-32-34-29(33-24-10-8-7-9-20(24)30(34)37)22-13-21(17(2)3)25(38-5)11-18(22)4/h7-15,17H,6,16H2,1-5H3,(H,35,36). The molecule has 4 aromatic rings. The van der Waals surface area contributed by atoms with E-state index in [0.717, 1.165) is 22.4 Å². The molecule has 0 bridgehead atoms. The van der Waals surface area contributed by atoms with Gasteiger partial charge >= 0.3 is 5.97 Å². The van der Waals surface area contributed by atoms with Crippen LogP contribution in [0.5, 0.6) is 17.2 Å². The fraction of sp³-hybridized carbons (Fsp3) is 0.267. The molecular weight excluding hydrogens is 578 g/mol. The molecule has 9 nitrogen and oxygen atoms in total. The fourth-order valence-corrected chi connectivity index (χ4v) is 4.69. The molecule has 0 aliphatic carbocycles. The van der Waals surface area contributed by atoms with Crippen LogP contribution in [0.25, 0.3) is 22.3 Å². The molecule has 10 heteroatoms.